The van der Waals surface area contributed by atoms with Gasteiger partial charge in [-0.2, -0.15) is 16.9 Å². The summed E-state index contributed by atoms with van der Waals surface area (Å²) >= 11 is 7.73. The molecule has 0 radical (unpaired) electrons. The van der Waals surface area contributed by atoms with E-state index in [0.717, 1.165) is 17.9 Å². The molecule has 1 aromatic rings. The number of nitrogens with zero attached hydrogens (tertiary/aromatic N) is 2. The molecule has 0 spiro atoms. The summed E-state index contributed by atoms with van der Waals surface area (Å²) in [4.78, 5) is 10.7. The van der Waals surface area contributed by atoms with Crippen molar-refractivity contribution in [3.8, 4) is 0 Å². The molecule has 4 nitrogen and oxygen atoms in total. The zero-order valence-electron chi connectivity index (χ0n) is 10.2. The Morgan fingerprint density at radius 3 is 2.82 bits per heavy atom. The van der Waals surface area contributed by atoms with E-state index < -0.39 is 5.97 Å². The predicted molar refractivity (Wildman–Crippen MR) is 70.6 cm³/mol. The van der Waals surface area contributed by atoms with E-state index in [1.165, 1.54) is 0 Å². The summed E-state index contributed by atoms with van der Waals surface area (Å²) in [7, 11) is 0. The molecule has 0 aliphatic rings. The van der Waals surface area contributed by atoms with Crippen LogP contribution in [0.5, 0.6) is 0 Å². The second kappa shape index (κ2) is 6.31. The fourth-order valence-corrected chi connectivity index (χ4v) is 2.79. The van der Waals surface area contributed by atoms with Gasteiger partial charge in [0.1, 0.15) is 0 Å². The molecule has 0 amide bonds. The number of aliphatic carboxylic acids is 1. The van der Waals surface area contributed by atoms with Crippen molar-refractivity contribution in [2.24, 2.45) is 5.92 Å². The summed E-state index contributed by atoms with van der Waals surface area (Å²) in [6.45, 7) is 6.37. The number of carboxylic acid groups (broad SMARTS) is 1. The second-order valence-electron chi connectivity index (χ2n) is 3.92. The SMILES string of the molecule is CCn1nc(C)c(Cl)c1CSCC(C)C(=O)O. The lowest BCUT2D eigenvalue weighted by molar-refractivity contribution is -0.140. The molecular weight excluding hydrogens is 260 g/mol. The number of halogens is 1. The van der Waals surface area contributed by atoms with E-state index in [1.54, 1.807) is 18.7 Å². The van der Waals surface area contributed by atoms with Crippen LogP contribution < -0.4 is 0 Å². The summed E-state index contributed by atoms with van der Waals surface area (Å²) in [6, 6.07) is 0. The molecule has 17 heavy (non-hydrogen) atoms. The van der Waals surface area contributed by atoms with E-state index in [2.05, 4.69) is 5.10 Å². The van der Waals surface area contributed by atoms with E-state index in [-0.39, 0.29) is 5.92 Å². The van der Waals surface area contributed by atoms with Crippen LogP contribution in [0.1, 0.15) is 25.2 Å². The van der Waals surface area contributed by atoms with E-state index in [0.29, 0.717) is 16.5 Å². The molecule has 1 unspecified atom stereocenters. The minimum absolute atomic E-state index is 0.335. The maximum atomic E-state index is 10.7. The molecule has 0 fully saturated rings. The van der Waals surface area contributed by atoms with Crippen LogP contribution in [-0.4, -0.2) is 26.6 Å². The molecule has 0 saturated carbocycles. The van der Waals surface area contributed by atoms with Crippen molar-refractivity contribution in [1.82, 2.24) is 9.78 Å². The molecule has 1 N–H and O–H groups in total. The third-order valence-electron chi connectivity index (χ3n) is 2.48. The van der Waals surface area contributed by atoms with Crippen LogP contribution in [0.25, 0.3) is 0 Å². The van der Waals surface area contributed by atoms with Crippen molar-refractivity contribution in [3.63, 3.8) is 0 Å². The van der Waals surface area contributed by atoms with E-state index in [4.69, 9.17) is 16.7 Å². The van der Waals surface area contributed by atoms with Gasteiger partial charge in [0.15, 0.2) is 0 Å². The first kappa shape index (κ1) is 14.4. The standard InChI is InChI=1S/C11H17ClN2O2S/c1-4-14-9(10(12)8(3)13-14)6-17-5-7(2)11(15)16/h7H,4-6H2,1-3H3,(H,15,16). The van der Waals surface area contributed by atoms with Crippen LogP contribution in [0, 0.1) is 12.8 Å². The summed E-state index contributed by atoms with van der Waals surface area (Å²) in [5, 5.41) is 13.8. The number of hydrogen-bond acceptors (Lipinski definition) is 3. The zero-order chi connectivity index (χ0) is 13.0. The third-order valence-corrected chi connectivity index (χ3v) is 4.19. The molecule has 0 aromatic carbocycles. The van der Waals surface area contributed by atoms with Gasteiger partial charge >= 0.3 is 5.97 Å². The molecule has 1 rings (SSSR count). The minimum atomic E-state index is -0.760. The normalized spacial score (nSPS) is 12.7. The molecule has 1 heterocycles. The summed E-state index contributed by atoms with van der Waals surface area (Å²) < 4.78 is 1.87. The molecular formula is C11H17ClN2O2S. The highest BCUT2D eigenvalue weighted by Gasteiger charge is 2.15. The van der Waals surface area contributed by atoms with Gasteiger partial charge in [0.25, 0.3) is 0 Å². The molecule has 96 valence electrons. The van der Waals surface area contributed by atoms with Crippen molar-refractivity contribution in [2.75, 3.05) is 5.75 Å². The van der Waals surface area contributed by atoms with Crippen LogP contribution in [0.4, 0.5) is 0 Å². The second-order valence-corrected chi connectivity index (χ2v) is 5.32. The van der Waals surface area contributed by atoms with Crippen molar-refractivity contribution >= 4 is 29.3 Å². The van der Waals surface area contributed by atoms with Gasteiger partial charge in [-0.1, -0.05) is 18.5 Å². The maximum Gasteiger partial charge on any atom is 0.307 e. The number of carbonyl (C=O) groups is 1. The Kier molecular flexibility index (Phi) is 5.33. The summed E-state index contributed by atoms with van der Waals surface area (Å²) in [6.07, 6.45) is 0. The van der Waals surface area contributed by atoms with Gasteiger partial charge in [0.05, 0.1) is 22.3 Å². The Bertz CT molecular complexity index is 406. The minimum Gasteiger partial charge on any atom is -0.481 e. The van der Waals surface area contributed by atoms with Crippen LogP contribution in [-0.2, 0) is 17.1 Å². The quantitative estimate of drug-likeness (QED) is 0.868. The van der Waals surface area contributed by atoms with Crippen LogP contribution in [0.3, 0.4) is 0 Å². The molecule has 6 heteroatoms. The molecule has 0 bridgehead atoms. The van der Waals surface area contributed by atoms with Gasteiger partial charge in [-0.15, -0.1) is 0 Å². The average Bonchev–Trinajstić information content (AvgIpc) is 2.56. The maximum absolute atomic E-state index is 10.7. The fourth-order valence-electron chi connectivity index (χ4n) is 1.41. The predicted octanol–water partition coefficient (Wildman–Crippen LogP) is 2.82. The van der Waals surface area contributed by atoms with Crippen molar-refractivity contribution in [3.05, 3.63) is 16.4 Å². The summed E-state index contributed by atoms with van der Waals surface area (Å²) in [5.74, 6) is 0.187. The van der Waals surface area contributed by atoms with Gasteiger partial charge in [0.2, 0.25) is 0 Å². The van der Waals surface area contributed by atoms with Crippen LogP contribution in [0.2, 0.25) is 5.02 Å². The highest BCUT2D eigenvalue weighted by Crippen LogP contribution is 2.25. The first-order chi connectivity index (χ1) is 7.97. The van der Waals surface area contributed by atoms with Crippen LogP contribution in [0.15, 0.2) is 0 Å². The largest absolute Gasteiger partial charge is 0.481 e. The Morgan fingerprint density at radius 1 is 1.65 bits per heavy atom. The van der Waals surface area contributed by atoms with E-state index in [9.17, 15) is 4.79 Å². The lowest BCUT2D eigenvalue weighted by Crippen LogP contribution is -2.12. The monoisotopic (exact) mass is 276 g/mol. The van der Waals surface area contributed by atoms with Crippen molar-refractivity contribution < 1.29 is 9.90 Å². The van der Waals surface area contributed by atoms with Gasteiger partial charge in [-0.05, 0) is 13.8 Å². The first-order valence-electron chi connectivity index (χ1n) is 5.49. The highest BCUT2D eigenvalue weighted by molar-refractivity contribution is 7.98. The first-order valence-corrected chi connectivity index (χ1v) is 7.03. The number of rotatable bonds is 6. The molecule has 0 aliphatic heterocycles. The lowest BCUT2D eigenvalue weighted by atomic mass is 10.2. The Hall–Kier alpha value is -0.680. The Morgan fingerprint density at radius 2 is 2.29 bits per heavy atom. The van der Waals surface area contributed by atoms with E-state index in [1.807, 2.05) is 18.5 Å². The topological polar surface area (TPSA) is 55.1 Å². The van der Waals surface area contributed by atoms with Gasteiger partial charge in [0, 0.05) is 18.1 Å². The fraction of sp³-hybridized carbons (Fsp3) is 0.636. The zero-order valence-corrected chi connectivity index (χ0v) is 11.8. The third kappa shape index (κ3) is 3.64. The molecule has 0 aliphatic carbocycles. The van der Waals surface area contributed by atoms with Crippen molar-refractivity contribution in [2.45, 2.75) is 33.1 Å². The highest BCUT2D eigenvalue weighted by atomic mass is 35.5. The number of thioether (sulfide) groups is 1. The number of hydrogen-bond donors (Lipinski definition) is 1. The molecule has 1 atom stereocenters. The average molecular weight is 277 g/mol. The number of aromatic nitrogens is 2. The van der Waals surface area contributed by atoms with E-state index >= 15 is 0 Å². The van der Waals surface area contributed by atoms with Gasteiger partial charge < -0.3 is 5.11 Å². The lowest BCUT2D eigenvalue weighted by Gasteiger charge is -2.07. The van der Waals surface area contributed by atoms with Gasteiger partial charge in [-0.25, -0.2) is 0 Å². The van der Waals surface area contributed by atoms with Gasteiger partial charge in [-0.3, -0.25) is 9.48 Å². The Balaban J connectivity index is 2.60. The number of carboxylic acids is 1. The van der Waals surface area contributed by atoms with Crippen LogP contribution >= 0.6 is 23.4 Å². The summed E-state index contributed by atoms with van der Waals surface area (Å²) in [5.41, 5.74) is 1.81. The molecule has 1 aromatic heterocycles. The smallest absolute Gasteiger partial charge is 0.307 e. The molecule has 0 saturated heterocycles. The number of aryl methyl sites for hydroxylation is 2. The Labute approximate surface area is 110 Å². The van der Waals surface area contributed by atoms with Crippen molar-refractivity contribution in [1.29, 1.82) is 0 Å².